The summed E-state index contributed by atoms with van der Waals surface area (Å²) in [6, 6.07) is 13.8. The molecule has 3 rings (SSSR count). The van der Waals surface area contributed by atoms with E-state index in [0.29, 0.717) is 5.92 Å². The Labute approximate surface area is 128 Å². The summed E-state index contributed by atoms with van der Waals surface area (Å²) in [4.78, 5) is 0. The lowest BCUT2D eigenvalue weighted by atomic mass is 9.92. The second-order valence-electron chi connectivity index (χ2n) is 5.56. The highest BCUT2D eigenvalue weighted by Crippen LogP contribution is 2.27. The van der Waals surface area contributed by atoms with Crippen molar-refractivity contribution >= 4 is 15.9 Å². The first-order chi connectivity index (χ1) is 9.76. The lowest BCUT2D eigenvalue weighted by Crippen LogP contribution is -2.05. The Morgan fingerprint density at radius 1 is 1.00 bits per heavy atom. The Hall–Kier alpha value is -1.15. The quantitative estimate of drug-likeness (QED) is 0.688. The molecule has 1 aliphatic carbocycles. The molecule has 0 spiro atoms. The van der Waals surface area contributed by atoms with Gasteiger partial charge in [-0.1, -0.05) is 46.3 Å². The van der Waals surface area contributed by atoms with E-state index in [-0.39, 0.29) is 5.82 Å². The molecule has 0 N–H and O–H groups in total. The second kappa shape index (κ2) is 6.09. The molecule has 0 amide bonds. The Morgan fingerprint density at radius 2 is 1.75 bits per heavy atom. The maximum Gasteiger partial charge on any atom is 0.123 e. The van der Waals surface area contributed by atoms with Crippen molar-refractivity contribution in [3.63, 3.8) is 0 Å². The van der Waals surface area contributed by atoms with Crippen LogP contribution in [0.15, 0.2) is 42.5 Å². The third-order valence-electron chi connectivity index (χ3n) is 4.17. The third kappa shape index (κ3) is 2.95. The van der Waals surface area contributed by atoms with E-state index in [9.17, 15) is 4.39 Å². The molecule has 0 saturated carbocycles. The van der Waals surface area contributed by atoms with Gasteiger partial charge in [0.15, 0.2) is 0 Å². The third-order valence-corrected chi connectivity index (χ3v) is 4.95. The molecule has 1 unspecified atom stereocenters. The van der Waals surface area contributed by atoms with Gasteiger partial charge >= 0.3 is 0 Å². The van der Waals surface area contributed by atoms with E-state index in [1.54, 1.807) is 12.1 Å². The zero-order valence-electron chi connectivity index (χ0n) is 11.4. The summed E-state index contributed by atoms with van der Waals surface area (Å²) in [5.74, 6) is 0.231. The smallest absolute Gasteiger partial charge is 0.123 e. The topological polar surface area (TPSA) is 0 Å². The van der Waals surface area contributed by atoms with Crippen LogP contribution in [0.4, 0.5) is 4.39 Å². The molecule has 0 aliphatic heterocycles. The highest BCUT2D eigenvalue weighted by atomic mass is 79.9. The van der Waals surface area contributed by atoms with Gasteiger partial charge in [0.2, 0.25) is 0 Å². The normalized spacial score (nSPS) is 15.1. The van der Waals surface area contributed by atoms with Crippen molar-refractivity contribution in [1.29, 1.82) is 0 Å². The van der Waals surface area contributed by atoms with Crippen LogP contribution in [-0.2, 0) is 19.3 Å². The minimum Gasteiger partial charge on any atom is -0.207 e. The standard InChI is InChI=1S/C18H18BrF/c19-12-17(15-6-8-18(20)9-7-15)11-13-4-5-14-2-1-3-16(14)10-13/h4-10,17H,1-3,11-12H2. The second-order valence-corrected chi connectivity index (χ2v) is 6.21. The molecule has 0 fully saturated rings. The molecule has 1 aliphatic rings. The van der Waals surface area contributed by atoms with Crippen molar-refractivity contribution in [1.82, 2.24) is 0 Å². The van der Waals surface area contributed by atoms with Crippen LogP contribution in [0, 0.1) is 5.82 Å². The van der Waals surface area contributed by atoms with Crippen LogP contribution < -0.4 is 0 Å². The lowest BCUT2D eigenvalue weighted by molar-refractivity contribution is 0.625. The zero-order valence-corrected chi connectivity index (χ0v) is 13.0. The van der Waals surface area contributed by atoms with Gasteiger partial charge in [0.1, 0.15) is 5.82 Å². The van der Waals surface area contributed by atoms with Crippen LogP contribution in [-0.4, -0.2) is 5.33 Å². The summed E-state index contributed by atoms with van der Waals surface area (Å²) in [6.45, 7) is 0. The summed E-state index contributed by atoms with van der Waals surface area (Å²) in [5.41, 5.74) is 5.63. The van der Waals surface area contributed by atoms with Gasteiger partial charge in [0.25, 0.3) is 0 Å². The molecule has 2 heteroatoms. The van der Waals surface area contributed by atoms with Gasteiger partial charge in [-0.15, -0.1) is 0 Å². The number of benzene rings is 2. The van der Waals surface area contributed by atoms with Gasteiger partial charge < -0.3 is 0 Å². The van der Waals surface area contributed by atoms with Gasteiger partial charge in [-0.2, -0.15) is 0 Å². The highest BCUT2D eigenvalue weighted by Gasteiger charge is 2.14. The van der Waals surface area contributed by atoms with Crippen molar-refractivity contribution in [2.75, 3.05) is 5.33 Å². The fourth-order valence-electron chi connectivity index (χ4n) is 3.03. The van der Waals surface area contributed by atoms with Crippen molar-refractivity contribution in [2.45, 2.75) is 31.6 Å². The van der Waals surface area contributed by atoms with E-state index in [0.717, 1.165) is 11.8 Å². The van der Waals surface area contributed by atoms with Crippen molar-refractivity contribution in [3.05, 3.63) is 70.5 Å². The fraction of sp³-hybridized carbons (Fsp3) is 0.333. The van der Waals surface area contributed by atoms with Crippen LogP contribution >= 0.6 is 15.9 Å². The van der Waals surface area contributed by atoms with E-state index >= 15 is 0 Å². The molecule has 0 nitrogen and oxygen atoms in total. The van der Waals surface area contributed by atoms with Crippen LogP contribution in [0.1, 0.15) is 34.6 Å². The van der Waals surface area contributed by atoms with Crippen molar-refractivity contribution in [2.24, 2.45) is 0 Å². The van der Waals surface area contributed by atoms with E-state index in [1.807, 2.05) is 12.1 Å². The maximum atomic E-state index is 13.0. The summed E-state index contributed by atoms with van der Waals surface area (Å²) in [7, 11) is 0. The molecule has 2 aromatic rings. The number of alkyl halides is 1. The maximum absolute atomic E-state index is 13.0. The van der Waals surface area contributed by atoms with E-state index < -0.39 is 0 Å². The molecular weight excluding hydrogens is 315 g/mol. The first-order valence-electron chi connectivity index (χ1n) is 7.18. The van der Waals surface area contributed by atoms with Gasteiger partial charge in [0, 0.05) is 5.33 Å². The van der Waals surface area contributed by atoms with Crippen LogP contribution in [0.2, 0.25) is 0 Å². The predicted octanol–water partition coefficient (Wildman–Crippen LogP) is 5.04. The SMILES string of the molecule is Fc1ccc(C(CBr)Cc2ccc3c(c2)CCC3)cc1. The summed E-state index contributed by atoms with van der Waals surface area (Å²) in [5, 5.41) is 0.899. The summed E-state index contributed by atoms with van der Waals surface area (Å²) >= 11 is 3.60. The zero-order chi connectivity index (χ0) is 13.9. The lowest BCUT2D eigenvalue weighted by Gasteiger charge is -2.15. The number of halogens is 2. The van der Waals surface area contributed by atoms with E-state index in [2.05, 4.69) is 34.1 Å². The minimum atomic E-state index is -0.167. The number of rotatable bonds is 4. The average Bonchev–Trinajstić information content (AvgIpc) is 2.93. The fourth-order valence-corrected chi connectivity index (χ4v) is 3.64. The average molecular weight is 333 g/mol. The monoisotopic (exact) mass is 332 g/mol. The van der Waals surface area contributed by atoms with Crippen molar-refractivity contribution < 1.29 is 4.39 Å². The van der Waals surface area contributed by atoms with Crippen LogP contribution in [0.5, 0.6) is 0 Å². The Kier molecular flexibility index (Phi) is 4.21. The first kappa shape index (κ1) is 13.8. The Bertz CT molecular complexity index is 589. The number of fused-ring (bicyclic) bond motifs is 1. The van der Waals surface area contributed by atoms with Crippen molar-refractivity contribution in [3.8, 4) is 0 Å². The molecule has 2 aromatic carbocycles. The summed E-state index contributed by atoms with van der Waals surface area (Å²) in [6.07, 6.45) is 4.75. The molecule has 0 heterocycles. The molecular formula is C18H18BrF. The number of aryl methyl sites for hydroxylation is 2. The van der Waals surface area contributed by atoms with Crippen LogP contribution in [0.3, 0.4) is 0 Å². The predicted molar refractivity (Wildman–Crippen MR) is 85.1 cm³/mol. The van der Waals surface area contributed by atoms with Gasteiger partial charge in [0.05, 0.1) is 0 Å². The summed E-state index contributed by atoms with van der Waals surface area (Å²) < 4.78 is 13.0. The minimum absolute atomic E-state index is 0.167. The first-order valence-corrected chi connectivity index (χ1v) is 8.30. The molecule has 0 radical (unpaired) electrons. The largest absolute Gasteiger partial charge is 0.207 e. The molecule has 104 valence electrons. The Balaban J connectivity index is 1.79. The van der Waals surface area contributed by atoms with E-state index in [1.165, 1.54) is 41.5 Å². The molecule has 0 bridgehead atoms. The number of hydrogen-bond acceptors (Lipinski definition) is 0. The molecule has 20 heavy (non-hydrogen) atoms. The molecule has 0 saturated heterocycles. The van der Waals surface area contributed by atoms with Crippen LogP contribution in [0.25, 0.3) is 0 Å². The van der Waals surface area contributed by atoms with Gasteiger partial charge in [-0.25, -0.2) is 4.39 Å². The highest BCUT2D eigenvalue weighted by molar-refractivity contribution is 9.09. The Morgan fingerprint density at radius 3 is 2.50 bits per heavy atom. The van der Waals surface area contributed by atoms with Gasteiger partial charge in [-0.05, 0) is 66.0 Å². The van der Waals surface area contributed by atoms with E-state index in [4.69, 9.17) is 0 Å². The molecule has 1 atom stereocenters. The number of hydrogen-bond donors (Lipinski definition) is 0. The molecule has 0 aromatic heterocycles. The van der Waals surface area contributed by atoms with Gasteiger partial charge in [-0.3, -0.25) is 0 Å².